The monoisotopic (exact) mass is 262 g/mol. The molecule has 0 fully saturated rings. The first-order chi connectivity index (χ1) is 8.95. The molecule has 4 nitrogen and oxygen atoms in total. The minimum atomic E-state index is -0.530. The highest BCUT2D eigenvalue weighted by molar-refractivity contribution is 5.97. The van der Waals surface area contributed by atoms with Crippen molar-refractivity contribution in [3.05, 3.63) is 35.4 Å². The van der Waals surface area contributed by atoms with Gasteiger partial charge in [0, 0.05) is 12.1 Å². The molecule has 4 heteroatoms. The minimum absolute atomic E-state index is 0.172. The van der Waals surface area contributed by atoms with E-state index in [0.717, 1.165) is 0 Å². The molecule has 0 saturated carbocycles. The van der Waals surface area contributed by atoms with Crippen LogP contribution in [0.3, 0.4) is 0 Å². The fraction of sp³-hybridized carbons (Fsp3) is 0.467. The Bertz CT molecular complexity index is 438. The zero-order valence-electron chi connectivity index (χ0n) is 12.0. The lowest BCUT2D eigenvalue weighted by atomic mass is 10.0. The first kappa shape index (κ1) is 15.2. The van der Waals surface area contributed by atoms with Gasteiger partial charge in [-0.2, -0.15) is 0 Å². The second-order valence-corrected chi connectivity index (χ2v) is 4.87. The minimum Gasteiger partial charge on any atom is -0.355 e. The van der Waals surface area contributed by atoms with Crippen LogP contribution in [0.15, 0.2) is 24.3 Å². The summed E-state index contributed by atoms with van der Waals surface area (Å²) < 4.78 is 0. The molecular formula is C15H22N2O2. The molecule has 0 saturated heterocycles. The molecular weight excluding hydrogens is 240 g/mol. The smallest absolute Gasteiger partial charge is 0.251 e. The summed E-state index contributed by atoms with van der Waals surface area (Å²) in [5, 5.41) is 5.35. The summed E-state index contributed by atoms with van der Waals surface area (Å²) in [6, 6.07) is 6.92. The lowest BCUT2D eigenvalue weighted by Crippen LogP contribution is -2.44. The number of carbonyl (C=O) groups excluding carboxylic acids is 2. The van der Waals surface area contributed by atoms with Gasteiger partial charge in [-0.3, -0.25) is 9.59 Å². The van der Waals surface area contributed by atoms with E-state index in [1.54, 1.807) is 19.1 Å². The Hall–Kier alpha value is -1.84. The lowest BCUT2D eigenvalue weighted by molar-refractivity contribution is -0.122. The first-order valence-electron chi connectivity index (χ1n) is 6.64. The van der Waals surface area contributed by atoms with Crippen LogP contribution in [-0.2, 0) is 4.79 Å². The number of likely N-dealkylation sites (N-methyl/N-ethyl adjacent to an activating group) is 1. The van der Waals surface area contributed by atoms with Crippen molar-refractivity contribution >= 4 is 11.8 Å². The second kappa shape index (κ2) is 6.92. The molecule has 1 rings (SSSR count). The number of hydrogen-bond donors (Lipinski definition) is 2. The van der Waals surface area contributed by atoms with Crippen LogP contribution in [0.1, 0.15) is 49.5 Å². The average Bonchev–Trinajstić information content (AvgIpc) is 2.38. The van der Waals surface area contributed by atoms with Gasteiger partial charge < -0.3 is 10.6 Å². The van der Waals surface area contributed by atoms with Gasteiger partial charge in [0.05, 0.1) is 0 Å². The Balaban J connectivity index is 2.65. The maximum Gasteiger partial charge on any atom is 0.251 e. The lowest BCUT2D eigenvalue weighted by Gasteiger charge is -2.13. The molecule has 0 aromatic heterocycles. The maximum absolute atomic E-state index is 12.0. The number of carbonyl (C=O) groups is 2. The number of nitrogens with one attached hydrogen (secondary N) is 2. The Morgan fingerprint density at radius 3 is 2.16 bits per heavy atom. The van der Waals surface area contributed by atoms with Gasteiger partial charge >= 0.3 is 0 Å². The van der Waals surface area contributed by atoms with Crippen molar-refractivity contribution in [2.24, 2.45) is 0 Å². The van der Waals surface area contributed by atoms with Crippen molar-refractivity contribution < 1.29 is 9.59 Å². The molecule has 1 atom stereocenters. The fourth-order valence-corrected chi connectivity index (χ4v) is 1.69. The highest BCUT2D eigenvalue weighted by Crippen LogP contribution is 2.14. The van der Waals surface area contributed by atoms with Gasteiger partial charge in [-0.15, -0.1) is 0 Å². The Morgan fingerprint density at radius 1 is 1.11 bits per heavy atom. The quantitative estimate of drug-likeness (QED) is 0.853. The highest BCUT2D eigenvalue weighted by atomic mass is 16.2. The van der Waals surface area contributed by atoms with Crippen LogP contribution in [0.5, 0.6) is 0 Å². The molecule has 2 amide bonds. The Labute approximate surface area is 114 Å². The van der Waals surface area contributed by atoms with E-state index in [1.807, 2.05) is 19.1 Å². The SMILES string of the molecule is CCNC(=O)C(C)NC(=O)c1ccc(C(C)C)cc1. The third-order valence-electron chi connectivity index (χ3n) is 2.93. The van der Waals surface area contributed by atoms with Crippen LogP contribution in [0, 0.1) is 0 Å². The summed E-state index contributed by atoms with van der Waals surface area (Å²) in [7, 11) is 0. The van der Waals surface area contributed by atoms with Crippen LogP contribution in [-0.4, -0.2) is 24.4 Å². The van der Waals surface area contributed by atoms with E-state index in [9.17, 15) is 9.59 Å². The predicted octanol–water partition coefficient (Wildman–Crippen LogP) is 2.06. The zero-order valence-corrected chi connectivity index (χ0v) is 12.0. The molecule has 0 aliphatic rings. The van der Waals surface area contributed by atoms with E-state index in [1.165, 1.54) is 5.56 Å². The highest BCUT2D eigenvalue weighted by Gasteiger charge is 2.15. The summed E-state index contributed by atoms with van der Waals surface area (Å²) in [5.74, 6) is 0.0371. The largest absolute Gasteiger partial charge is 0.355 e. The maximum atomic E-state index is 12.0. The predicted molar refractivity (Wildman–Crippen MR) is 76.1 cm³/mol. The first-order valence-corrected chi connectivity index (χ1v) is 6.64. The van der Waals surface area contributed by atoms with Crippen LogP contribution in [0.4, 0.5) is 0 Å². The summed E-state index contributed by atoms with van der Waals surface area (Å²) in [4.78, 5) is 23.5. The van der Waals surface area contributed by atoms with Gasteiger partial charge in [-0.05, 0) is 37.5 Å². The summed E-state index contributed by atoms with van der Waals surface area (Å²) in [5.41, 5.74) is 1.76. The topological polar surface area (TPSA) is 58.2 Å². The van der Waals surface area contributed by atoms with E-state index in [-0.39, 0.29) is 11.8 Å². The van der Waals surface area contributed by atoms with E-state index in [4.69, 9.17) is 0 Å². The molecule has 0 radical (unpaired) electrons. The number of amides is 2. The standard InChI is InChI=1S/C15H22N2O2/c1-5-16-14(18)11(4)17-15(19)13-8-6-12(7-9-13)10(2)3/h6-11H,5H2,1-4H3,(H,16,18)(H,17,19). The van der Waals surface area contributed by atoms with Gasteiger partial charge in [0.15, 0.2) is 0 Å². The summed E-state index contributed by atoms with van der Waals surface area (Å²) in [6.45, 7) is 8.28. The Kier molecular flexibility index (Phi) is 5.55. The van der Waals surface area contributed by atoms with Crippen molar-refractivity contribution in [2.75, 3.05) is 6.54 Å². The molecule has 0 bridgehead atoms. The van der Waals surface area contributed by atoms with Crippen molar-refractivity contribution in [3.63, 3.8) is 0 Å². The van der Waals surface area contributed by atoms with E-state index in [2.05, 4.69) is 24.5 Å². The Morgan fingerprint density at radius 2 is 1.68 bits per heavy atom. The second-order valence-electron chi connectivity index (χ2n) is 4.87. The van der Waals surface area contributed by atoms with Crippen LogP contribution in [0.25, 0.3) is 0 Å². The number of benzene rings is 1. The normalized spacial score (nSPS) is 12.1. The molecule has 0 aliphatic carbocycles. The van der Waals surface area contributed by atoms with Crippen molar-refractivity contribution in [3.8, 4) is 0 Å². The van der Waals surface area contributed by atoms with Crippen molar-refractivity contribution in [1.82, 2.24) is 10.6 Å². The zero-order chi connectivity index (χ0) is 14.4. The van der Waals surface area contributed by atoms with E-state index < -0.39 is 6.04 Å². The summed E-state index contributed by atoms with van der Waals surface area (Å²) in [6.07, 6.45) is 0. The van der Waals surface area contributed by atoms with E-state index in [0.29, 0.717) is 18.0 Å². The van der Waals surface area contributed by atoms with Gasteiger partial charge in [-0.1, -0.05) is 26.0 Å². The van der Waals surface area contributed by atoms with E-state index >= 15 is 0 Å². The molecule has 0 heterocycles. The molecule has 19 heavy (non-hydrogen) atoms. The molecule has 104 valence electrons. The average molecular weight is 262 g/mol. The van der Waals surface area contributed by atoms with Crippen molar-refractivity contribution in [2.45, 2.75) is 39.7 Å². The molecule has 2 N–H and O–H groups in total. The molecule has 1 aromatic carbocycles. The van der Waals surface area contributed by atoms with Gasteiger partial charge in [-0.25, -0.2) is 0 Å². The van der Waals surface area contributed by atoms with Gasteiger partial charge in [0.2, 0.25) is 5.91 Å². The van der Waals surface area contributed by atoms with Crippen LogP contribution >= 0.6 is 0 Å². The summed E-state index contributed by atoms with van der Waals surface area (Å²) >= 11 is 0. The molecule has 1 unspecified atom stereocenters. The third-order valence-corrected chi connectivity index (χ3v) is 2.93. The third kappa shape index (κ3) is 4.39. The number of hydrogen-bond acceptors (Lipinski definition) is 2. The van der Waals surface area contributed by atoms with Crippen molar-refractivity contribution in [1.29, 1.82) is 0 Å². The van der Waals surface area contributed by atoms with Gasteiger partial charge in [0.25, 0.3) is 5.91 Å². The molecule has 0 aliphatic heterocycles. The van der Waals surface area contributed by atoms with Crippen LogP contribution < -0.4 is 10.6 Å². The molecule has 1 aromatic rings. The van der Waals surface area contributed by atoms with Crippen LogP contribution in [0.2, 0.25) is 0 Å². The van der Waals surface area contributed by atoms with Gasteiger partial charge in [0.1, 0.15) is 6.04 Å². The number of rotatable bonds is 5. The fourth-order valence-electron chi connectivity index (χ4n) is 1.69. The molecule has 0 spiro atoms.